The van der Waals surface area contributed by atoms with Crippen LogP contribution in [0, 0.1) is 11.6 Å². The molecule has 0 saturated heterocycles. The summed E-state index contributed by atoms with van der Waals surface area (Å²) < 4.78 is 27.0. The number of hydrogen-bond donors (Lipinski definition) is 2. The maximum Gasteiger partial charge on any atom is 0.251 e. The largest absolute Gasteiger partial charge is 0.379 e. The van der Waals surface area contributed by atoms with Crippen LogP contribution in [0.25, 0.3) is 0 Å². The molecule has 0 unspecified atom stereocenters. The summed E-state index contributed by atoms with van der Waals surface area (Å²) in [6, 6.07) is 6.47. The molecule has 0 aliphatic rings. The SMILES string of the molecule is NC(=O)c1cc(NCc2cc(Cl)ccc2Cl)c(F)cc1F. The van der Waals surface area contributed by atoms with Crippen molar-refractivity contribution in [1.82, 2.24) is 0 Å². The van der Waals surface area contributed by atoms with Gasteiger partial charge in [0, 0.05) is 22.7 Å². The van der Waals surface area contributed by atoms with Crippen molar-refractivity contribution in [2.75, 3.05) is 5.32 Å². The Morgan fingerprint density at radius 1 is 1.14 bits per heavy atom. The van der Waals surface area contributed by atoms with Crippen LogP contribution in [0.5, 0.6) is 0 Å². The smallest absolute Gasteiger partial charge is 0.251 e. The highest BCUT2D eigenvalue weighted by molar-refractivity contribution is 6.33. The van der Waals surface area contributed by atoms with Crippen LogP contribution in [0.15, 0.2) is 30.3 Å². The Labute approximate surface area is 129 Å². The Balaban J connectivity index is 2.25. The highest BCUT2D eigenvalue weighted by atomic mass is 35.5. The van der Waals surface area contributed by atoms with Gasteiger partial charge in [0.1, 0.15) is 11.6 Å². The van der Waals surface area contributed by atoms with Crippen LogP contribution in [0.4, 0.5) is 14.5 Å². The lowest BCUT2D eigenvalue weighted by molar-refractivity contribution is 0.0996. The summed E-state index contributed by atoms with van der Waals surface area (Å²) in [5, 5.41) is 3.66. The van der Waals surface area contributed by atoms with E-state index in [1.165, 1.54) is 0 Å². The average Bonchev–Trinajstić information content (AvgIpc) is 2.41. The first-order valence-corrected chi connectivity index (χ1v) is 6.60. The fraction of sp³-hybridized carbons (Fsp3) is 0.0714. The molecule has 3 nitrogen and oxygen atoms in total. The first kappa shape index (κ1) is 15.5. The van der Waals surface area contributed by atoms with Crippen molar-refractivity contribution in [2.24, 2.45) is 5.73 Å². The predicted octanol–water partition coefficient (Wildman–Crippen LogP) is 3.98. The quantitative estimate of drug-likeness (QED) is 0.890. The number of nitrogens with one attached hydrogen (secondary N) is 1. The molecule has 0 heterocycles. The van der Waals surface area contributed by atoms with Crippen molar-refractivity contribution in [3.63, 3.8) is 0 Å². The molecule has 0 radical (unpaired) electrons. The molecule has 7 heteroatoms. The van der Waals surface area contributed by atoms with Crippen LogP contribution in [0.1, 0.15) is 15.9 Å². The summed E-state index contributed by atoms with van der Waals surface area (Å²) in [6.07, 6.45) is 0. The van der Waals surface area contributed by atoms with Gasteiger partial charge in [-0.3, -0.25) is 4.79 Å². The minimum absolute atomic E-state index is 0.0544. The van der Waals surface area contributed by atoms with Gasteiger partial charge >= 0.3 is 0 Å². The minimum Gasteiger partial charge on any atom is -0.379 e. The lowest BCUT2D eigenvalue weighted by Crippen LogP contribution is -2.14. The molecule has 0 bridgehead atoms. The van der Waals surface area contributed by atoms with E-state index >= 15 is 0 Å². The van der Waals surface area contributed by atoms with E-state index < -0.39 is 23.1 Å². The number of halogens is 4. The van der Waals surface area contributed by atoms with Crippen LogP contribution in [-0.2, 0) is 6.54 Å². The Bertz CT molecular complexity index is 708. The second-order valence-electron chi connectivity index (χ2n) is 4.27. The summed E-state index contributed by atoms with van der Waals surface area (Å²) in [5.74, 6) is -2.82. The number of benzene rings is 2. The van der Waals surface area contributed by atoms with Gasteiger partial charge < -0.3 is 11.1 Å². The standard InChI is InChI=1S/C14H10Cl2F2N2O/c15-8-1-2-10(16)7(3-8)6-20-13-4-9(14(19)21)11(17)5-12(13)18/h1-5,20H,6H2,(H2,19,21). The normalized spacial score (nSPS) is 10.5. The molecule has 0 atom stereocenters. The highest BCUT2D eigenvalue weighted by Gasteiger charge is 2.14. The third kappa shape index (κ3) is 3.62. The Hall–Kier alpha value is -1.85. The van der Waals surface area contributed by atoms with Crippen molar-refractivity contribution in [1.29, 1.82) is 0 Å². The number of carbonyl (C=O) groups excluding carboxylic acids is 1. The molecule has 3 N–H and O–H groups in total. The molecular formula is C14H10Cl2F2N2O. The summed E-state index contributed by atoms with van der Waals surface area (Å²) in [4.78, 5) is 11.1. The molecule has 2 aromatic carbocycles. The van der Waals surface area contributed by atoms with Crippen molar-refractivity contribution < 1.29 is 13.6 Å². The first-order valence-electron chi connectivity index (χ1n) is 5.85. The maximum atomic E-state index is 13.7. The van der Waals surface area contributed by atoms with E-state index in [1.807, 2.05) is 0 Å². The molecule has 0 fully saturated rings. The zero-order valence-electron chi connectivity index (χ0n) is 10.6. The van der Waals surface area contributed by atoms with Gasteiger partial charge in [-0.15, -0.1) is 0 Å². The summed E-state index contributed by atoms with van der Waals surface area (Å²) >= 11 is 11.8. The van der Waals surface area contributed by atoms with E-state index in [0.29, 0.717) is 21.7 Å². The number of anilines is 1. The summed E-state index contributed by atoms with van der Waals surface area (Å²) in [6.45, 7) is 0.153. The molecule has 0 aliphatic carbocycles. The number of primary amides is 1. The van der Waals surface area contributed by atoms with Gasteiger partial charge in [0.15, 0.2) is 0 Å². The van der Waals surface area contributed by atoms with E-state index in [2.05, 4.69) is 5.32 Å². The molecule has 21 heavy (non-hydrogen) atoms. The predicted molar refractivity (Wildman–Crippen MR) is 78.7 cm³/mol. The fourth-order valence-electron chi connectivity index (χ4n) is 1.74. The van der Waals surface area contributed by atoms with Crippen molar-refractivity contribution in [2.45, 2.75) is 6.54 Å². The van der Waals surface area contributed by atoms with Crippen LogP contribution in [-0.4, -0.2) is 5.91 Å². The van der Waals surface area contributed by atoms with Gasteiger partial charge in [-0.2, -0.15) is 0 Å². The zero-order valence-corrected chi connectivity index (χ0v) is 12.1. The lowest BCUT2D eigenvalue weighted by atomic mass is 10.1. The molecule has 0 saturated carbocycles. The molecule has 0 aliphatic heterocycles. The minimum atomic E-state index is -1.01. The molecule has 2 aromatic rings. The molecule has 0 aromatic heterocycles. The topological polar surface area (TPSA) is 55.1 Å². The van der Waals surface area contributed by atoms with Crippen LogP contribution < -0.4 is 11.1 Å². The monoisotopic (exact) mass is 330 g/mol. The van der Waals surface area contributed by atoms with Gasteiger partial charge in [-0.25, -0.2) is 8.78 Å². The number of hydrogen-bond acceptors (Lipinski definition) is 2. The van der Waals surface area contributed by atoms with Gasteiger partial charge in [0.2, 0.25) is 0 Å². The zero-order chi connectivity index (χ0) is 15.6. The van der Waals surface area contributed by atoms with Crippen molar-refractivity contribution in [3.05, 3.63) is 63.1 Å². The second kappa shape index (κ2) is 6.28. The van der Waals surface area contributed by atoms with Gasteiger partial charge in [-0.1, -0.05) is 23.2 Å². The second-order valence-corrected chi connectivity index (χ2v) is 5.11. The molecule has 110 valence electrons. The third-order valence-electron chi connectivity index (χ3n) is 2.80. The lowest BCUT2D eigenvalue weighted by Gasteiger charge is -2.11. The summed E-state index contributed by atoms with van der Waals surface area (Å²) in [7, 11) is 0. The van der Waals surface area contributed by atoms with Gasteiger partial charge in [0.05, 0.1) is 11.3 Å². The van der Waals surface area contributed by atoms with E-state index in [0.717, 1.165) is 6.07 Å². The van der Waals surface area contributed by atoms with Gasteiger partial charge in [-0.05, 0) is 29.8 Å². The van der Waals surface area contributed by atoms with E-state index in [-0.39, 0.29) is 12.2 Å². The number of carbonyl (C=O) groups is 1. The number of amides is 1. The summed E-state index contributed by atoms with van der Waals surface area (Å²) in [5.41, 5.74) is 5.20. The fourth-order valence-corrected chi connectivity index (χ4v) is 2.12. The highest BCUT2D eigenvalue weighted by Crippen LogP contribution is 2.24. The molecule has 1 amide bonds. The van der Waals surface area contributed by atoms with Crippen LogP contribution in [0.3, 0.4) is 0 Å². The molecule has 2 rings (SSSR count). The Kier molecular flexibility index (Phi) is 4.65. The third-order valence-corrected chi connectivity index (χ3v) is 3.40. The van der Waals surface area contributed by atoms with Gasteiger partial charge in [0.25, 0.3) is 5.91 Å². The van der Waals surface area contributed by atoms with E-state index in [9.17, 15) is 13.6 Å². The Morgan fingerprint density at radius 2 is 1.86 bits per heavy atom. The molecular weight excluding hydrogens is 321 g/mol. The van der Waals surface area contributed by atoms with E-state index in [4.69, 9.17) is 28.9 Å². The number of nitrogens with two attached hydrogens (primary N) is 1. The van der Waals surface area contributed by atoms with E-state index in [1.54, 1.807) is 18.2 Å². The molecule has 0 spiro atoms. The average molecular weight is 331 g/mol. The van der Waals surface area contributed by atoms with Crippen molar-refractivity contribution >= 4 is 34.8 Å². The maximum absolute atomic E-state index is 13.7. The van der Waals surface area contributed by atoms with Crippen LogP contribution >= 0.6 is 23.2 Å². The van der Waals surface area contributed by atoms with Crippen LogP contribution in [0.2, 0.25) is 10.0 Å². The number of rotatable bonds is 4. The Morgan fingerprint density at radius 3 is 2.52 bits per heavy atom. The first-order chi connectivity index (χ1) is 9.88. The van der Waals surface area contributed by atoms with Crippen molar-refractivity contribution in [3.8, 4) is 0 Å².